The van der Waals surface area contributed by atoms with E-state index in [4.69, 9.17) is 5.73 Å². The quantitative estimate of drug-likeness (QED) is 0.845. The fraction of sp³-hybridized carbons (Fsp3) is 0.300. The van der Waals surface area contributed by atoms with Crippen molar-refractivity contribution in [2.75, 3.05) is 11.5 Å². The van der Waals surface area contributed by atoms with Crippen molar-refractivity contribution in [2.24, 2.45) is 0 Å². The molecule has 0 bridgehead atoms. The van der Waals surface area contributed by atoms with Gasteiger partial charge >= 0.3 is 6.18 Å². The molecule has 17 heavy (non-hydrogen) atoms. The van der Waals surface area contributed by atoms with E-state index in [1.807, 2.05) is 6.92 Å². The molecule has 3 nitrogen and oxygen atoms in total. The molecule has 0 fully saturated rings. The summed E-state index contributed by atoms with van der Waals surface area (Å²) in [5.41, 5.74) is 5.16. The Morgan fingerprint density at radius 3 is 2.76 bits per heavy atom. The summed E-state index contributed by atoms with van der Waals surface area (Å²) in [5, 5.41) is 0.677. The number of anilines is 1. The minimum absolute atomic E-state index is 0.216. The summed E-state index contributed by atoms with van der Waals surface area (Å²) < 4.78 is 39.1. The molecule has 0 unspecified atom stereocenters. The van der Waals surface area contributed by atoms with E-state index in [1.165, 1.54) is 18.0 Å². The van der Waals surface area contributed by atoms with Crippen molar-refractivity contribution < 1.29 is 13.2 Å². The first kappa shape index (κ1) is 12.1. The molecular formula is C10H10F3N3S. The summed E-state index contributed by atoms with van der Waals surface area (Å²) >= 11 is 1.45. The van der Waals surface area contributed by atoms with Gasteiger partial charge in [-0.25, -0.2) is 4.98 Å². The topological polar surface area (TPSA) is 43.3 Å². The van der Waals surface area contributed by atoms with E-state index >= 15 is 0 Å². The molecule has 0 saturated heterocycles. The zero-order chi connectivity index (χ0) is 12.6. The lowest BCUT2D eigenvalue weighted by molar-refractivity contribution is -0.137. The Balaban J connectivity index is 2.58. The van der Waals surface area contributed by atoms with Crippen LogP contribution in [0.5, 0.6) is 0 Å². The number of thioether (sulfide) groups is 1. The zero-order valence-electron chi connectivity index (χ0n) is 8.95. The van der Waals surface area contributed by atoms with Crippen LogP contribution in [0, 0.1) is 0 Å². The van der Waals surface area contributed by atoms with E-state index in [2.05, 4.69) is 4.98 Å². The van der Waals surface area contributed by atoms with E-state index in [0.717, 1.165) is 17.9 Å². The third kappa shape index (κ3) is 2.19. The van der Waals surface area contributed by atoms with Crippen LogP contribution in [0.4, 0.5) is 19.0 Å². The van der Waals surface area contributed by atoms with Gasteiger partial charge in [0.05, 0.1) is 5.56 Å². The van der Waals surface area contributed by atoms with Crippen molar-refractivity contribution in [3.63, 3.8) is 0 Å². The SMILES string of the molecule is CCSc1c(N)nc2cc(C(F)(F)F)ccn12. The van der Waals surface area contributed by atoms with Gasteiger partial charge < -0.3 is 5.73 Å². The van der Waals surface area contributed by atoms with Crippen LogP contribution in [0.25, 0.3) is 5.65 Å². The van der Waals surface area contributed by atoms with Crippen molar-refractivity contribution in [3.05, 3.63) is 23.9 Å². The lowest BCUT2D eigenvalue weighted by Crippen LogP contribution is -2.05. The number of alkyl halides is 3. The number of fused-ring (bicyclic) bond motifs is 1. The third-order valence-electron chi connectivity index (χ3n) is 2.22. The molecule has 0 aliphatic heterocycles. The Bertz CT molecular complexity index is 547. The first-order valence-corrected chi connectivity index (χ1v) is 5.89. The average molecular weight is 261 g/mol. The van der Waals surface area contributed by atoms with Gasteiger partial charge in [0.1, 0.15) is 10.7 Å². The maximum atomic E-state index is 12.5. The molecule has 2 aromatic heterocycles. The van der Waals surface area contributed by atoms with Gasteiger partial charge in [0.15, 0.2) is 5.82 Å². The van der Waals surface area contributed by atoms with Crippen LogP contribution in [0.15, 0.2) is 23.4 Å². The molecule has 0 aromatic carbocycles. The molecular weight excluding hydrogens is 251 g/mol. The van der Waals surface area contributed by atoms with Gasteiger partial charge in [-0.1, -0.05) is 6.92 Å². The first-order chi connectivity index (χ1) is 7.93. The standard InChI is InChI=1S/C10H10F3N3S/c1-2-17-9-8(14)15-7-5-6(10(11,12)13)3-4-16(7)9/h3-5H,2,14H2,1H3. The third-order valence-corrected chi connectivity index (χ3v) is 3.18. The molecule has 7 heteroatoms. The number of halogens is 3. The number of nitrogen functional groups attached to an aromatic ring is 1. The number of pyridine rings is 1. The van der Waals surface area contributed by atoms with Crippen LogP contribution in [0.3, 0.4) is 0 Å². The van der Waals surface area contributed by atoms with Crippen molar-refractivity contribution >= 4 is 23.2 Å². The number of aromatic nitrogens is 2. The Morgan fingerprint density at radius 2 is 2.18 bits per heavy atom. The average Bonchev–Trinajstić information content (AvgIpc) is 2.54. The van der Waals surface area contributed by atoms with Gasteiger partial charge in [-0.15, -0.1) is 11.8 Å². The predicted molar refractivity (Wildman–Crippen MR) is 61.0 cm³/mol. The molecule has 0 aliphatic rings. The maximum absolute atomic E-state index is 12.5. The Morgan fingerprint density at radius 1 is 1.47 bits per heavy atom. The zero-order valence-corrected chi connectivity index (χ0v) is 9.77. The molecule has 2 rings (SSSR count). The van der Waals surface area contributed by atoms with Crippen LogP contribution < -0.4 is 5.73 Å². The van der Waals surface area contributed by atoms with Crippen molar-refractivity contribution in [1.82, 2.24) is 9.38 Å². The Hall–Kier alpha value is -1.37. The van der Waals surface area contributed by atoms with E-state index in [9.17, 15) is 13.2 Å². The lowest BCUT2D eigenvalue weighted by Gasteiger charge is -2.06. The molecule has 0 saturated carbocycles. The smallest absolute Gasteiger partial charge is 0.381 e. The molecule has 2 aromatic rings. The van der Waals surface area contributed by atoms with Gasteiger partial charge in [0.2, 0.25) is 0 Å². The summed E-state index contributed by atoms with van der Waals surface area (Å²) in [6, 6.07) is 2.02. The van der Waals surface area contributed by atoms with E-state index in [0.29, 0.717) is 5.03 Å². The molecule has 0 aliphatic carbocycles. The molecule has 92 valence electrons. The number of nitrogens with two attached hydrogens (primary N) is 1. The second kappa shape index (κ2) is 4.14. The van der Waals surface area contributed by atoms with Crippen LogP contribution in [-0.2, 0) is 6.18 Å². The summed E-state index contributed by atoms with van der Waals surface area (Å²) in [6.07, 6.45) is -3.01. The van der Waals surface area contributed by atoms with Crippen LogP contribution in [-0.4, -0.2) is 15.1 Å². The predicted octanol–water partition coefficient (Wildman–Crippen LogP) is 3.05. The summed E-state index contributed by atoms with van der Waals surface area (Å²) in [4.78, 5) is 3.93. The first-order valence-electron chi connectivity index (χ1n) is 4.91. The summed E-state index contributed by atoms with van der Waals surface area (Å²) in [5.74, 6) is 1.04. The number of imidazole rings is 1. The van der Waals surface area contributed by atoms with E-state index in [1.54, 1.807) is 4.40 Å². The number of rotatable bonds is 2. The van der Waals surface area contributed by atoms with Crippen molar-refractivity contribution in [3.8, 4) is 0 Å². The van der Waals surface area contributed by atoms with Crippen LogP contribution in [0.1, 0.15) is 12.5 Å². The van der Waals surface area contributed by atoms with E-state index < -0.39 is 11.7 Å². The molecule has 0 radical (unpaired) electrons. The highest BCUT2D eigenvalue weighted by Gasteiger charge is 2.31. The largest absolute Gasteiger partial charge is 0.416 e. The second-order valence-corrected chi connectivity index (χ2v) is 4.63. The van der Waals surface area contributed by atoms with Gasteiger partial charge in [-0.05, 0) is 17.9 Å². The summed E-state index contributed by atoms with van der Waals surface area (Å²) in [6.45, 7) is 1.94. The van der Waals surface area contributed by atoms with Crippen molar-refractivity contribution in [1.29, 1.82) is 0 Å². The molecule has 0 atom stereocenters. The highest BCUT2D eigenvalue weighted by Crippen LogP contribution is 2.32. The van der Waals surface area contributed by atoms with Crippen LogP contribution >= 0.6 is 11.8 Å². The molecule has 0 amide bonds. The van der Waals surface area contributed by atoms with Gasteiger partial charge in [-0.3, -0.25) is 4.40 Å². The van der Waals surface area contributed by atoms with Crippen LogP contribution in [0.2, 0.25) is 0 Å². The normalized spacial score (nSPS) is 12.2. The van der Waals surface area contributed by atoms with Gasteiger partial charge in [0, 0.05) is 6.20 Å². The fourth-order valence-electron chi connectivity index (χ4n) is 1.50. The Kier molecular flexibility index (Phi) is 2.94. The highest BCUT2D eigenvalue weighted by atomic mass is 32.2. The minimum atomic E-state index is -4.36. The van der Waals surface area contributed by atoms with Gasteiger partial charge in [-0.2, -0.15) is 13.2 Å². The minimum Gasteiger partial charge on any atom is -0.381 e. The Labute approximate surface area is 99.8 Å². The highest BCUT2D eigenvalue weighted by molar-refractivity contribution is 7.99. The fourth-order valence-corrected chi connectivity index (χ4v) is 2.26. The second-order valence-electron chi connectivity index (χ2n) is 3.38. The number of hydrogen-bond donors (Lipinski definition) is 1. The molecule has 0 spiro atoms. The molecule has 2 heterocycles. The van der Waals surface area contributed by atoms with Gasteiger partial charge in [0.25, 0.3) is 0 Å². The number of hydrogen-bond acceptors (Lipinski definition) is 3. The van der Waals surface area contributed by atoms with E-state index in [-0.39, 0.29) is 11.5 Å². The maximum Gasteiger partial charge on any atom is 0.416 e. The molecule has 2 N–H and O–H groups in total. The lowest BCUT2D eigenvalue weighted by atomic mass is 10.2. The summed E-state index contributed by atoms with van der Waals surface area (Å²) in [7, 11) is 0. The van der Waals surface area contributed by atoms with Crippen molar-refractivity contribution in [2.45, 2.75) is 18.1 Å². The number of nitrogens with zero attached hydrogens (tertiary/aromatic N) is 2. The monoisotopic (exact) mass is 261 g/mol.